The monoisotopic (exact) mass is 236 g/mol. The minimum Gasteiger partial charge on any atom is -0.154 e. The highest BCUT2D eigenvalue weighted by molar-refractivity contribution is 8.00. The summed E-state index contributed by atoms with van der Waals surface area (Å²) in [7, 11) is 0. The number of rotatable bonds is 3. The second-order valence-electron chi connectivity index (χ2n) is 5.36. The van der Waals surface area contributed by atoms with Gasteiger partial charge >= 0.3 is 0 Å². The second-order valence-corrected chi connectivity index (χ2v) is 6.63. The fourth-order valence-electron chi connectivity index (χ4n) is 3.20. The molecular weight excluding hydrogens is 212 g/mol. The van der Waals surface area contributed by atoms with Crippen molar-refractivity contribution in [1.82, 2.24) is 0 Å². The first-order chi connectivity index (χ1) is 7.83. The van der Waals surface area contributed by atoms with Crippen LogP contribution in [0.5, 0.6) is 0 Å². The van der Waals surface area contributed by atoms with Crippen LogP contribution in [0.25, 0.3) is 0 Å². The lowest BCUT2D eigenvalue weighted by Crippen LogP contribution is -2.27. The minimum atomic E-state index is 0.737. The Balaban J connectivity index is 1.77. The van der Waals surface area contributed by atoms with E-state index in [1.807, 2.05) is 0 Å². The molecule has 1 aliphatic heterocycles. The average molecular weight is 236 g/mol. The van der Waals surface area contributed by atoms with E-state index in [4.69, 9.17) is 0 Å². The topological polar surface area (TPSA) is 0 Å². The predicted molar refractivity (Wildman–Crippen MR) is 74.8 cm³/mol. The van der Waals surface area contributed by atoms with Crippen molar-refractivity contribution >= 4 is 11.8 Å². The van der Waals surface area contributed by atoms with E-state index in [1.165, 1.54) is 44.3 Å². The summed E-state index contributed by atoms with van der Waals surface area (Å²) in [4.78, 5) is 0. The summed E-state index contributed by atoms with van der Waals surface area (Å²) < 4.78 is 0. The summed E-state index contributed by atoms with van der Waals surface area (Å²) >= 11 is 2.13. The van der Waals surface area contributed by atoms with Crippen molar-refractivity contribution in [2.24, 2.45) is 17.8 Å². The van der Waals surface area contributed by atoms with Crippen molar-refractivity contribution in [3.63, 3.8) is 0 Å². The van der Waals surface area contributed by atoms with Gasteiger partial charge in [0, 0.05) is 5.25 Å². The van der Waals surface area contributed by atoms with E-state index in [0.29, 0.717) is 0 Å². The minimum absolute atomic E-state index is 0.737. The molecule has 2 rings (SSSR count). The SMILES string of the molecule is C=CC1CCC(C2CCC(C=C)SC2)CC1. The Kier molecular flexibility index (Phi) is 4.57. The van der Waals surface area contributed by atoms with Crippen LogP contribution in [0.2, 0.25) is 0 Å². The molecule has 0 aromatic carbocycles. The molecule has 1 aliphatic carbocycles. The Bertz CT molecular complexity index is 204. The maximum absolute atomic E-state index is 3.93. The van der Waals surface area contributed by atoms with Gasteiger partial charge in [0.2, 0.25) is 0 Å². The van der Waals surface area contributed by atoms with Gasteiger partial charge in [-0.25, -0.2) is 0 Å². The van der Waals surface area contributed by atoms with Crippen molar-refractivity contribution < 1.29 is 0 Å². The number of hydrogen-bond acceptors (Lipinski definition) is 1. The molecule has 0 radical (unpaired) electrons. The highest BCUT2D eigenvalue weighted by atomic mass is 32.2. The molecular formula is C15H24S. The molecule has 1 heteroatoms. The van der Waals surface area contributed by atoms with Crippen LogP contribution < -0.4 is 0 Å². The zero-order valence-corrected chi connectivity index (χ0v) is 11.1. The molecule has 1 saturated carbocycles. The lowest BCUT2D eigenvalue weighted by Gasteiger charge is -2.36. The molecule has 90 valence electrons. The van der Waals surface area contributed by atoms with Crippen LogP contribution in [0.3, 0.4) is 0 Å². The van der Waals surface area contributed by atoms with Crippen LogP contribution in [0.15, 0.2) is 25.3 Å². The second kappa shape index (κ2) is 5.95. The smallest absolute Gasteiger partial charge is 0.0224 e. The van der Waals surface area contributed by atoms with Crippen molar-refractivity contribution in [2.45, 2.75) is 43.8 Å². The van der Waals surface area contributed by atoms with Gasteiger partial charge in [-0.2, -0.15) is 11.8 Å². The van der Waals surface area contributed by atoms with Crippen LogP contribution in [0.4, 0.5) is 0 Å². The van der Waals surface area contributed by atoms with Crippen LogP contribution in [0, 0.1) is 17.8 Å². The van der Waals surface area contributed by atoms with E-state index in [2.05, 4.69) is 37.1 Å². The normalized spacial score (nSPS) is 40.2. The summed E-state index contributed by atoms with van der Waals surface area (Å²) in [6.07, 6.45) is 12.8. The van der Waals surface area contributed by atoms with Gasteiger partial charge in [0.15, 0.2) is 0 Å². The fourth-order valence-corrected chi connectivity index (χ4v) is 4.57. The molecule has 0 aromatic rings. The molecule has 1 saturated heterocycles. The largest absolute Gasteiger partial charge is 0.154 e. The number of allylic oxidation sites excluding steroid dienone is 1. The van der Waals surface area contributed by atoms with Gasteiger partial charge in [-0.3, -0.25) is 0 Å². The zero-order valence-electron chi connectivity index (χ0n) is 10.2. The molecule has 16 heavy (non-hydrogen) atoms. The predicted octanol–water partition coefficient (Wildman–Crippen LogP) is 4.68. The maximum Gasteiger partial charge on any atom is 0.0224 e. The Morgan fingerprint density at radius 2 is 1.50 bits per heavy atom. The van der Waals surface area contributed by atoms with E-state index in [9.17, 15) is 0 Å². The lowest BCUT2D eigenvalue weighted by atomic mass is 9.75. The Hall–Kier alpha value is -0.170. The molecule has 0 aromatic heterocycles. The first-order valence-corrected chi connectivity index (χ1v) is 7.75. The van der Waals surface area contributed by atoms with Gasteiger partial charge in [-0.15, -0.1) is 13.2 Å². The van der Waals surface area contributed by atoms with Crippen molar-refractivity contribution in [3.8, 4) is 0 Å². The third kappa shape index (κ3) is 2.94. The summed E-state index contributed by atoms with van der Waals surface area (Å²) in [5.74, 6) is 4.19. The zero-order chi connectivity index (χ0) is 11.4. The first-order valence-electron chi connectivity index (χ1n) is 6.70. The van der Waals surface area contributed by atoms with Crippen molar-refractivity contribution in [1.29, 1.82) is 0 Å². The van der Waals surface area contributed by atoms with E-state index < -0.39 is 0 Å². The highest BCUT2D eigenvalue weighted by Gasteiger charge is 2.29. The molecule has 0 amide bonds. The number of hydrogen-bond donors (Lipinski definition) is 0. The van der Waals surface area contributed by atoms with Crippen LogP contribution in [-0.2, 0) is 0 Å². The van der Waals surface area contributed by atoms with Crippen LogP contribution >= 0.6 is 11.8 Å². The van der Waals surface area contributed by atoms with E-state index in [0.717, 1.165) is 23.0 Å². The summed E-state index contributed by atoms with van der Waals surface area (Å²) in [6, 6.07) is 0. The molecule has 2 aliphatic rings. The third-order valence-corrected chi connectivity index (χ3v) is 5.90. The van der Waals surface area contributed by atoms with Gasteiger partial charge in [0.1, 0.15) is 0 Å². The van der Waals surface area contributed by atoms with Gasteiger partial charge in [-0.1, -0.05) is 12.2 Å². The van der Waals surface area contributed by atoms with Gasteiger partial charge in [0.25, 0.3) is 0 Å². The van der Waals surface area contributed by atoms with E-state index >= 15 is 0 Å². The number of thioether (sulfide) groups is 1. The summed E-state index contributed by atoms with van der Waals surface area (Å²) in [5.41, 5.74) is 0. The highest BCUT2D eigenvalue weighted by Crippen LogP contribution is 2.41. The molecule has 0 N–H and O–H groups in total. The first kappa shape index (κ1) is 12.3. The average Bonchev–Trinajstić information content (AvgIpc) is 2.39. The molecule has 0 nitrogen and oxygen atoms in total. The van der Waals surface area contributed by atoms with Crippen molar-refractivity contribution in [2.75, 3.05) is 5.75 Å². The lowest BCUT2D eigenvalue weighted by molar-refractivity contribution is 0.225. The fraction of sp³-hybridized carbons (Fsp3) is 0.733. The Morgan fingerprint density at radius 1 is 0.812 bits per heavy atom. The quantitative estimate of drug-likeness (QED) is 0.641. The van der Waals surface area contributed by atoms with Gasteiger partial charge < -0.3 is 0 Å². The molecule has 2 atom stereocenters. The maximum atomic E-state index is 3.93. The molecule has 0 spiro atoms. The summed E-state index contributed by atoms with van der Waals surface area (Å²) in [5, 5.41) is 0.737. The van der Waals surface area contributed by atoms with Crippen LogP contribution in [0.1, 0.15) is 38.5 Å². The van der Waals surface area contributed by atoms with Gasteiger partial charge in [0.05, 0.1) is 0 Å². The van der Waals surface area contributed by atoms with Crippen molar-refractivity contribution in [3.05, 3.63) is 25.3 Å². The third-order valence-electron chi connectivity index (χ3n) is 4.43. The molecule has 0 bridgehead atoms. The standard InChI is InChI=1S/C15H24S/c1-3-12-5-7-13(8-6-12)14-9-10-15(4-2)16-11-14/h3-4,12-15H,1-2,5-11H2. The summed E-state index contributed by atoms with van der Waals surface area (Å²) in [6.45, 7) is 7.84. The van der Waals surface area contributed by atoms with Gasteiger partial charge in [-0.05, 0) is 62.0 Å². The Labute approximate surface area is 105 Å². The molecule has 2 unspecified atom stereocenters. The van der Waals surface area contributed by atoms with Crippen LogP contribution in [-0.4, -0.2) is 11.0 Å². The van der Waals surface area contributed by atoms with E-state index in [1.54, 1.807) is 0 Å². The molecule has 1 heterocycles. The molecule has 2 fully saturated rings. The Morgan fingerprint density at radius 3 is 2.00 bits per heavy atom. The van der Waals surface area contributed by atoms with E-state index in [-0.39, 0.29) is 0 Å².